The first kappa shape index (κ1) is 36.0. The van der Waals surface area contributed by atoms with Crippen LogP contribution in [-0.2, 0) is 16.5 Å². The average molecular weight is 669 g/mol. The number of hydrogen-bond acceptors (Lipinski definition) is 8. The number of halogens is 1. The van der Waals surface area contributed by atoms with Crippen molar-refractivity contribution < 1.29 is 24.2 Å². The van der Waals surface area contributed by atoms with Crippen LogP contribution in [0.3, 0.4) is 0 Å². The minimum Gasteiger partial charge on any atom is -0.449 e. The van der Waals surface area contributed by atoms with Crippen LogP contribution >= 0.6 is 11.6 Å². The van der Waals surface area contributed by atoms with Gasteiger partial charge in [0.2, 0.25) is 0 Å². The number of aromatic nitrogens is 2. The van der Waals surface area contributed by atoms with Crippen LogP contribution in [-0.4, -0.2) is 88.2 Å². The summed E-state index contributed by atoms with van der Waals surface area (Å²) in [5.41, 5.74) is 4.27. The van der Waals surface area contributed by atoms with E-state index < -0.39 is 24.3 Å². The van der Waals surface area contributed by atoms with Gasteiger partial charge in [0.25, 0.3) is 0 Å². The maximum absolute atomic E-state index is 13.3. The summed E-state index contributed by atoms with van der Waals surface area (Å²) >= 11 is 6.68. The van der Waals surface area contributed by atoms with E-state index in [4.69, 9.17) is 21.1 Å². The maximum atomic E-state index is 13.3. The normalized spacial score (nSPS) is 20.5. The lowest BCUT2D eigenvalue weighted by molar-refractivity contribution is 0.0159. The fourth-order valence-corrected chi connectivity index (χ4v) is 6.10. The number of piperazine rings is 1. The van der Waals surface area contributed by atoms with Gasteiger partial charge in [0.05, 0.1) is 49.6 Å². The number of hydrogen-bond donors (Lipinski definition) is 3. The van der Waals surface area contributed by atoms with Crippen molar-refractivity contribution in [2.75, 3.05) is 39.4 Å². The highest BCUT2D eigenvalue weighted by molar-refractivity contribution is 6.30. The van der Waals surface area contributed by atoms with Crippen LogP contribution in [0.4, 0.5) is 9.59 Å². The lowest BCUT2D eigenvalue weighted by atomic mass is 9.89. The summed E-state index contributed by atoms with van der Waals surface area (Å²) in [6.45, 7) is 14.7. The molecule has 4 rings (SSSR count). The van der Waals surface area contributed by atoms with Crippen LogP contribution in [0.5, 0.6) is 0 Å². The second kappa shape index (κ2) is 16.9. The molecule has 1 aliphatic heterocycles. The summed E-state index contributed by atoms with van der Waals surface area (Å²) in [5.74, 6) is 0.233. The van der Waals surface area contributed by atoms with E-state index in [2.05, 4.69) is 34.0 Å². The Morgan fingerprint density at radius 1 is 1.21 bits per heavy atom. The Morgan fingerprint density at radius 3 is 2.57 bits per heavy atom. The fraction of sp³-hybridized carbons (Fsp3) is 0.514. The van der Waals surface area contributed by atoms with Gasteiger partial charge in [0.1, 0.15) is 6.10 Å². The quantitative estimate of drug-likeness (QED) is 0.267. The standard InChI is InChI=1S/C35H49ClN6O5/c1-7-12-38-31-24(5)17-29(32(30-19-37-22-40(30)6)39-34(44)46-21-23(4)8-2)28-18-25(36)10-11-27(28)33(31)41-13-15-42(16-14-41)35(45)47-26(9-3)20-43/h7,10-12,17-19,22-23,26,31-33,38,43H,5,8-9,13-16,20-21H2,1-4,6H3,(H,39,44)/b12-7-/t23?,26-,31?,32+,33-/m0/s1. The summed E-state index contributed by atoms with van der Waals surface area (Å²) in [5, 5.41) is 16.8. The number of nitrogens with one attached hydrogen (secondary N) is 2. The Labute approximate surface area is 283 Å². The number of allylic oxidation sites excluding steroid dienone is 1. The van der Waals surface area contributed by atoms with E-state index in [-0.39, 0.29) is 24.6 Å². The number of aliphatic hydroxyl groups excluding tert-OH is 1. The zero-order chi connectivity index (χ0) is 34.1. The Hall–Kier alpha value is -3.80. The van der Waals surface area contributed by atoms with Crippen LogP contribution in [0.2, 0.25) is 5.02 Å². The number of rotatable bonds is 12. The van der Waals surface area contributed by atoms with Crippen LogP contribution < -0.4 is 10.6 Å². The molecule has 1 aromatic heterocycles. The molecular weight excluding hydrogens is 620 g/mol. The molecule has 256 valence electrons. The molecule has 0 saturated carbocycles. The maximum Gasteiger partial charge on any atom is 0.410 e. The number of benzene rings is 1. The molecule has 1 aromatic carbocycles. The van der Waals surface area contributed by atoms with Crippen molar-refractivity contribution in [1.29, 1.82) is 0 Å². The molecule has 11 nitrogen and oxygen atoms in total. The van der Waals surface area contributed by atoms with Crippen molar-refractivity contribution >= 4 is 29.4 Å². The number of amides is 2. The molecule has 1 saturated heterocycles. The third-order valence-electron chi connectivity index (χ3n) is 8.95. The number of fused-ring (bicyclic) bond motifs is 1. The van der Waals surface area contributed by atoms with Crippen molar-refractivity contribution in [3.8, 4) is 0 Å². The zero-order valence-electron chi connectivity index (χ0n) is 28.1. The van der Waals surface area contributed by atoms with Gasteiger partial charge in [-0.3, -0.25) is 4.90 Å². The highest BCUT2D eigenvalue weighted by Gasteiger charge is 2.39. The van der Waals surface area contributed by atoms with Crippen LogP contribution in [0.15, 0.2) is 61.2 Å². The summed E-state index contributed by atoms with van der Waals surface area (Å²) < 4.78 is 13.0. The number of aryl methyl sites for hydroxylation is 1. The number of imidazole rings is 1. The summed E-state index contributed by atoms with van der Waals surface area (Å²) in [4.78, 5) is 34.5. The molecule has 2 aromatic rings. The first-order chi connectivity index (χ1) is 22.6. The second-order valence-corrected chi connectivity index (χ2v) is 12.7. The molecule has 0 spiro atoms. The fourth-order valence-electron chi connectivity index (χ4n) is 5.93. The first-order valence-electron chi connectivity index (χ1n) is 16.4. The van der Waals surface area contributed by atoms with Gasteiger partial charge in [-0.05, 0) is 59.9 Å². The molecule has 2 amide bonds. The summed E-state index contributed by atoms with van der Waals surface area (Å²) in [6, 6.07) is 4.80. The molecule has 5 atom stereocenters. The minimum atomic E-state index is -0.619. The topological polar surface area (TPSA) is 121 Å². The van der Waals surface area contributed by atoms with E-state index in [1.54, 1.807) is 17.4 Å². The third kappa shape index (κ3) is 8.77. The van der Waals surface area contributed by atoms with Gasteiger partial charge in [-0.2, -0.15) is 0 Å². The van der Waals surface area contributed by atoms with E-state index in [1.165, 1.54) is 0 Å². The molecule has 12 heteroatoms. The Bertz CT molecular complexity index is 1450. The molecule has 2 aliphatic rings. The summed E-state index contributed by atoms with van der Waals surface area (Å²) in [6.07, 6.45) is 9.30. The number of carbonyl (C=O) groups excluding carboxylic acids is 2. The second-order valence-electron chi connectivity index (χ2n) is 12.2. The lowest BCUT2D eigenvalue weighted by Gasteiger charge is -2.42. The van der Waals surface area contributed by atoms with Crippen LogP contribution in [0, 0.1) is 5.92 Å². The van der Waals surface area contributed by atoms with Crippen LogP contribution in [0.1, 0.15) is 69.4 Å². The summed E-state index contributed by atoms with van der Waals surface area (Å²) in [7, 11) is 1.89. The average Bonchev–Trinajstić information content (AvgIpc) is 3.46. The first-order valence-corrected chi connectivity index (χ1v) is 16.8. The lowest BCUT2D eigenvalue weighted by Crippen LogP contribution is -2.53. The minimum absolute atomic E-state index is 0.191. The number of ether oxygens (including phenoxy) is 2. The SMILES string of the molecule is C=C1C=C([C@@H](NC(=O)OCC(C)CC)c2cncn2C)c2cc(Cl)ccc2[C@H](N2CCN(C(=O)O[C@@H](CC)CO)CC2)C1N/C=C\C. The van der Waals surface area contributed by atoms with E-state index in [0.29, 0.717) is 44.2 Å². The van der Waals surface area contributed by atoms with Crippen molar-refractivity contribution in [1.82, 2.24) is 30.0 Å². The molecule has 1 fully saturated rings. The largest absolute Gasteiger partial charge is 0.449 e. The van der Waals surface area contributed by atoms with E-state index >= 15 is 0 Å². The molecular formula is C35H49ClN6O5. The highest BCUT2D eigenvalue weighted by atomic mass is 35.5. The molecule has 2 unspecified atom stereocenters. The number of aliphatic hydroxyl groups is 1. The number of carbonyl (C=O) groups is 2. The van der Waals surface area contributed by atoms with Gasteiger partial charge in [0, 0.05) is 38.2 Å². The van der Waals surface area contributed by atoms with Gasteiger partial charge in [-0.15, -0.1) is 0 Å². The Morgan fingerprint density at radius 2 is 1.96 bits per heavy atom. The van der Waals surface area contributed by atoms with E-state index in [1.807, 2.05) is 68.9 Å². The van der Waals surface area contributed by atoms with Gasteiger partial charge in [0.15, 0.2) is 0 Å². The molecule has 0 bridgehead atoms. The third-order valence-corrected chi connectivity index (χ3v) is 9.19. The molecule has 47 heavy (non-hydrogen) atoms. The van der Waals surface area contributed by atoms with Crippen molar-refractivity contribution in [3.63, 3.8) is 0 Å². The van der Waals surface area contributed by atoms with Gasteiger partial charge < -0.3 is 34.7 Å². The monoisotopic (exact) mass is 668 g/mol. The molecule has 1 aliphatic carbocycles. The smallest absolute Gasteiger partial charge is 0.410 e. The molecule has 3 N–H and O–H groups in total. The Kier molecular flexibility index (Phi) is 12.9. The van der Waals surface area contributed by atoms with Gasteiger partial charge >= 0.3 is 12.2 Å². The van der Waals surface area contributed by atoms with Gasteiger partial charge in [-0.1, -0.05) is 63.6 Å². The molecule has 0 radical (unpaired) electrons. The molecule has 2 heterocycles. The van der Waals surface area contributed by atoms with Crippen molar-refractivity contribution in [2.45, 2.75) is 64.8 Å². The van der Waals surface area contributed by atoms with Crippen molar-refractivity contribution in [3.05, 3.63) is 83.1 Å². The predicted octanol–water partition coefficient (Wildman–Crippen LogP) is 5.60. The Balaban J connectivity index is 1.74. The number of alkyl carbamates (subject to hydrolysis) is 1. The van der Waals surface area contributed by atoms with Gasteiger partial charge in [-0.25, -0.2) is 14.6 Å². The highest BCUT2D eigenvalue weighted by Crippen LogP contribution is 2.43. The van der Waals surface area contributed by atoms with Crippen LogP contribution in [0.25, 0.3) is 5.57 Å². The zero-order valence-corrected chi connectivity index (χ0v) is 28.9. The van der Waals surface area contributed by atoms with E-state index in [0.717, 1.165) is 34.4 Å². The number of nitrogens with zero attached hydrogens (tertiary/aromatic N) is 4. The van der Waals surface area contributed by atoms with Crippen molar-refractivity contribution in [2.24, 2.45) is 13.0 Å². The predicted molar refractivity (Wildman–Crippen MR) is 184 cm³/mol. The van der Waals surface area contributed by atoms with E-state index in [9.17, 15) is 14.7 Å².